The lowest BCUT2D eigenvalue weighted by Crippen LogP contribution is -2.33. The summed E-state index contributed by atoms with van der Waals surface area (Å²) < 4.78 is 5.77. The van der Waals surface area contributed by atoms with Crippen LogP contribution in [0.15, 0.2) is 42.6 Å². The van der Waals surface area contributed by atoms with Crippen LogP contribution >= 0.6 is 0 Å². The lowest BCUT2D eigenvalue weighted by molar-refractivity contribution is 0.102. The summed E-state index contributed by atoms with van der Waals surface area (Å²) in [5.41, 5.74) is 2.13. The number of aromatic nitrogens is 1. The number of carbonyl (C=O) groups is 1. The zero-order valence-corrected chi connectivity index (χ0v) is 15.7. The maximum absolute atomic E-state index is 12.7. The molecule has 1 N–H and O–H groups in total. The summed E-state index contributed by atoms with van der Waals surface area (Å²) in [6, 6.07) is 11.3. The van der Waals surface area contributed by atoms with Crippen LogP contribution in [0.5, 0.6) is 5.75 Å². The Morgan fingerprint density at radius 3 is 2.69 bits per heavy atom. The van der Waals surface area contributed by atoms with Gasteiger partial charge in [-0.15, -0.1) is 0 Å². The molecular weight excluding hydrogens is 326 g/mol. The Morgan fingerprint density at radius 2 is 1.96 bits per heavy atom. The van der Waals surface area contributed by atoms with E-state index in [0.717, 1.165) is 24.7 Å². The molecule has 1 aliphatic heterocycles. The monoisotopic (exact) mass is 353 g/mol. The van der Waals surface area contributed by atoms with Crippen molar-refractivity contribution < 1.29 is 9.53 Å². The predicted molar refractivity (Wildman–Crippen MR) is 105 cm³/mol. The normalized spacial score (nSPS) is 15.2. The quantitative estimate of drug-likeness (QED) is 0.868. The van der Waals surface area contributed by atoms with E-state index >= 15 is 0 Å². The smallest absolute Gasteiger partial charge is 0.274 e. The molecule has 5 nitrogen and oxygen atoms in total. The summed E-state index contributed by atoms with van der Waals surface area (Å²) in [6.45, 7) is 8.26. The largest absolute Gasteiger partial charge is 0.489 e. The number of hydrogen-bond donors (Lipinski definition) is 1. The van der Waals surface area contributed by atoms with Crippen molar-refractivity contribution >= 4 is 17.3 Å². The SMILES string of the molecule is CC1CCN(c2ccnc(C(=O)Nc3ccccc3OC(C)C)c2)CC1. The lowest BCUT2D eigenvalue weighted by atomic mass is 9.99. The number of amides is 1. The van der Waals surface area contributed by atoms with Crippen molar-refractivity contribution in [1.82, 2.24) is 4.98 Å². The number of carbonyl (C=O) groups excluding carboxylic acids is 1. The van der Waals surface area contributed by atoms with Gasteiger partial charge in [-0.3, -0.25) is 9.78 Å². The van der Waals surface area contributed by atoms with Gasteiger partial charge in [-0.25, -0.2) is 0 Å². The van der Waals surface area contributed by atoms with E-state index in [1.807, 2.05) is 50.2 Å². The highest BCUT2D eigenvalue weighted by Gasteiger charge is 2.18. The maximum atomic E-state index is 12.7. The van der Waals surface area contributed by atoms with Gasteiger partial charge >= 0.3 is 0 Å². The topological polar surface area (TPSA) is 54.5 Å². The van der Waals surface area contributed by atoms with Gasteiger partial charge in [0.05, 0.1) is 11.8 Å². The van der Waals surface area contributed by atoms with Crippen molar-refractivity contribution in [2.45, 2.75) is 39.7 Å². The van der Waals surface area contributed by atoms with E-state index in [2.05, 4.69) is 22.1 Å². The second-order valence-electron chi connectivity index (χ2n) is 7.19. The first-order valence-corrected chi connectivity index (χ1v) is 9.31. The second kappa shape index (κ2) is 8.21. The third kappa shape index (κ3) is 4.54. The number of rotatable bonds is 5. The zero-order chi connectivity index (χ0) is 18.5. The molecule has 1 aliphatic rings. The minimum absolute atomic E-state index is 0.0380. The summed E-state index contributed by atoms with van der Waals surface area (Å²) in [7, 11) is 0. The van der Waals surface area contributed by atoms with Crippen LogP contribution in [0.1, 0.15) is 44.1 Å². The van der Waals surface area contributed by atoms with Crippen molar-refractivity contribution in [2.75, 3.05) is 23.3 Å². The summed E-state index contributed by atoms with van der Waals surface area (Å²) in [5, 5.41) is 2.92. The van der Waals surface area contributed by atoms with E-state index in [1.54, 1.807) is 6.20 Å². The van der Waals surface area contributed by atoms with Crippen molar-refractivity contribution in [3.8, 4) is 5.75 Å². The van der Waals surface area contributed by atoms with Crippen molar-refractivity contribution in [3.05, 3.63) is 48.3 Å². The van der Waals surface area contributed by atoms with Crippen molar-refractivity contribution in [2.24, 2.45) is 5.92 Å². The standard InChI is InChI=1S/C21H27N3O2/c1-15(2)26-20-7-5-4-6-18(20)23-21(25)19-14-17(8-11-22-19)24-12-9-16(3)10-13-24/h4-8,11,14-16H,9-10,12-13H2,1-3H3,(H,23,25). The third-order valence-electron chi connectivity index (χ3n) is 4.62. The minimum Gasteiger partial charge on any atom is -0.489 e. The molecule has 1 saturated heterocycles. The third-order valence-corrected chi connectivity index (χ3v) is 4.62. The Labute approximate surface area is 155 Å². The van der Waals surface area contributed by atoms with E-state index < -0.39 is 0 Å². The first-order valence-electron chi connectivity index (χ1n) is 9.31. The molecule has 1 amide bonds. The molecule has 3 rings (SSSR count). The van der Waals surface area contributed by atoms with Crippen LogP contribution in [-0.4, -0.2) is 30.1 Å². The highest BCUT2D eigenvalue weighted by Crippen LogP contribution is 2.26. The van der Waals surface area contributed by atoms with Gasteiger partial charge in [-0.2, -0.15) is 0 Å². The summed E-state index contributed by atoms with van der Waals surface area (Å²) in [5.74, 6) is 1.21. The van der Waals surface area contributed by atoms with Gasteiger partial charge < -0.3 is 15.0 Å². The van der Waals surface area contributed by atoms with Crippen LogP contribution in [0, 0.1) is 5.92 Å². The van der Waals surface area contributed by atoms with E-state index in [0.29, 0.717) is 17.1 Å². The fraction of sp³-hybridized carbons (Fsp3) is 0.429. The summed E-state index contributed by atoms with van der Waals surface area (Å²) >= 11 is 0. The van der Waals surface area contributed by atoms with Gasteiger partial charge in [-0.05, 0) is 56.9 Å². The highest BCUT2D eigenvalue weighted by molar-refractivity contribution is 6.04. The molecule has 0 saturated carbocycles. The first-order chi connectivity index (χ1) is 12.5. The number of ether oxygens (including phenoxy) is 1. The van der Waals surface area contributed by atoms with Crippen LogP contribution in [0.2, 0.25) is 0 Å². The number of para-hydroxylation sites is 2. The number of piperidine rings is 1. The number of hydrogen-bond acceptors (Lipinski definition) is 4. The number of nitrogens with zero attached hydrogens (tertiary/aromatic N) is 2. The molecule has 1 aromatic carbocycles. The molecular formula is C21H27N3O2. The van der Waals surface area contributed by atoms with Gasteiger partial charge in [0.25, 0.3) is 5.91 Å². The predicted octanol–water partition coefficient (Wildman–Crippen LogP) is 4.36. The molecule has 26 heavy (non-hydrogen) atoms. The maximum Gasteiger partial charge on any atom is 0.274 e. The summed E-state index contributed by atoms with van der Waals surface area (Å²) in [4.78, 5) is 19.3. The molecule has 2 aromatic rings. The Hall–Kier alpha value is -2.56. The van der Waals surface area contributed by atoms with Crippen molar-refractivity contribution in [3.63, 3.8) is 0 Å². The Kier molecular flexibility index (Phi) is 5.76. The van der Waals surface area contributed by atoms with Gasteiger partial charge in [0.15, 0.2) is 0 Å². The number of anilines is 2. The Balaban J connectivity index is 1.74. The average Bonchev–Trinajstić information content (AvgIpc) is 2.63. The van der Waals surface area contributed by atoms with E-state index in [1.165, 1.54) is 12.8 Å². The molecule has 0 radical (unpaired) electrons. The summed E-state index contributed by atoms with van der Waals surface area (Å²) in [6.07, 6.45) is 4.11. The van der Waals surface area contributed by atoms with E-state index in [4.69, 9.17) is 4.74 Å². The molecule has 1 fully saturated rings. The molecule has 0 spiro atoms. The lowest BCUT2D eigenvalue weighted by Gasteiger charge is -2.32. The molecule has 0 atom stereocenters. The van der Waals surface area contributed by atoms with Gasteiger partial charge in [0.2, 0.25) is 0 Å². The fourth-order valence-electron chi connectivity index (χ4n) is 3.12. The van der Waals surface area contributed by atoms with Gasteiger partial charge in [0.1, 0.15) is 11.4 Å². The second-order valence-corrected chi connectivity index (χ2v) is 7.19. The van der Waals surface area contributed by atoms with E-state index in [-0.39, 0.29) is 12.0 Å². The van der Waals surface area contributed by atoms with Crippen molar-refractivity contribution in [1.29, 1.82) is 0 Å². The van der Waals surface area contributed by atoms with E-state index in [9.17, 15) is 4.79 Å². The van der Waals surface area contributed by atoms with Gasteiger partial charge in [0, 0.05) is 25.0 Å². The molecule has 0 unspecified atom stereocenters. The highest BCUT2D eigenvalue weighted by atomic mass is 16.5. The number of benzene rings is 1. The fourth-order valence-corrected chi connectivity index (χ4v) is 3.12. The Bertz CT molecular complexity index is 752. The van der Waals surface area contributed by atoms with Crippen LogP contribution in [0.25, 0.3) is 0 Å². The molecule has 138 valence electrons. The number of nitrogens with one attached hydrogen (secondary N) is 1. The molecule has 2 heterocycles. The zero-order valence-electron chi connectivity index (χ0n) is 15.7. The average molecular weight is 353 g/mol. The Morgan fingerprint density at radius 1 is 1.23 bits per heavy atom. The number of pyridine rings is 1. The molecule has 0 bridgehead atoms. The molecule has 0 aliphatic carbocycles. The van der Waals surface area contributed by atoms with Crippen LogP contribution in [0.3, 0.4) is 0 Å². The minimum atomic E-state index is -0.225. The molecule has 1 aromatic heterocycles. The van der Waals surface area contributed by atoms with Crippen LogP contribution in [-0.2, 0) is 0 Å². The van der Waals surface area contributed by atoms with Crippen LogP contribution in [0.4, 0.5) is 11.4 Å². The first kappa shape index (κ1) is 18.2. The molecule has 5 heteroatoms. The van der Waals surface area contributed by atoms with Gasteiger partial charge in [-0.1, -0.05) is 19.1 Å². The van der Waals surface area contributed by atoms with Crippen LogP contribution < -0.4 is 15.0 Å².